The molecule has 0 unspecified atom stereocenters. The lowest BCUT2D eigenvalue weighted by Gasteiger charge is -2.16. The third-order valence-corrected chi connectivity index (χ3v) is 2.39. The second-order valence-corrected chi connectivity index (χ2v) is 3.87. The molecule has 7 nitrogen and oxygen atoms in total. The summed E-state index contributed by atoms with van der Waals surface area (Å²) in [4.78, 5) is 25.0. The van der Waals surface area contributed by atoms with Gasteiger partial charge in [-0.25, -0.2) is 15.0 Å². The maximum Gasteiger partial charge on any atom is 0.323 e. The highest BCUT2D eigenvalue weighted by atomic mass is 16.4. The van der Waals surface area contributed by atoms with Crippen molar-refractivity contribution in [3.8, 4) is 0 Å². The Morgan fingerprint density at radius 1 is 1.53 bits per heavy atom. The van der Waals surface area contributed by atoms with Gasteiger partial charge in [-0.3, -0.25) is 4.79 Å². The van der Waals surface area contributed by atoms with E-state index in [1.54, 1.807) is 29.8 Å². The van der Waals surface area contributed by atoms with Crippen LogP contribution in [-0.2, 0) is 11.8 Å². The van der Waals surface area contributed by atoms with Gasteiger partial charge >= 0.3 is 5.97 Å². The molecular weight excluding hydrogens is 222 g/mol. The van der Waals surface area contributed by atoms with Crippen LogP contribution in [0.15, 0.2) is 6.33 Å². The first-order valence-electron chi connectivity index (χ1n) is 5.07. The Bertz CT molecular complexity index is 577. The lowest BCUT2D eigenvalue weighted by molar-refractivity contribution is -0.135. The summed E-state index contributed by atoms with van der Waals surface area (Å²) in [7, 11) is 3.51. The van der Waals surface area contributed by atoms with Crippen molar-refractivity contribution in [1.82, 2.24) is 19.5 Å². The topological polar surface area (TPSA) is 84.1 Å². The molecule has 0 aliphatic rings. The summed E-state index contributed by atoms with van der Waals surface area (Å²) < 4.78 is 1.78. The molecular formula is C10H13N5O2. The molecule has 0 saturated heterocycles. The normalized spacial score (nSPS) is 10.8. The standard InChI is InChI=1S/C10H13N5O2/c1-6-12-9(14(2)4-7(16)17)8-10(13-6)15(3)5-11-8/h5H,4H2,1-3H3,(H,16,17). The van der Waals surface area contributed by atoms with Crippen molar-refractivity contribution in [3.05, 3.63) is 12.2 Å². The number of aryl methyl sites for hydroxylation is 2. The number of hydrogen-bond donors (Lipinski definition) is 1. The molecule has 0 aliphatic carbocycles. The number of hydrogen-bond acceptors (Lipinski definition) is 5. The minimum absolute atomic E-state index is 0.123. The highest BCUT2D eigenvalue weighted by molar-refractivity contribution is 5.85. The Hall–Kier alpha value is -2.18. The van der Waals surface area contributed by atoms with E-state index in [-0.39, 0.29) is 6.54 Å². The molecule has 0 radical (unpaired) electrons. The molecule has 0 bridgehead atoms. The van der Waals surface area contributed by atoms with Gasteiger partial charge in [-0.15, -0.1) is 0 Å². The fourth-order valence-corrected chi connectivity index (χ4v) is 1.64. The van der Waals surface area contributed by atoms with Crippen LogP contribution in [0, 0.1) is 6.92 Å². The molecule has 0 fully saturated rings. The molecule has 0 aromatic carbocycles. The Morgan fingerprint density at radius 2 is 2.24 bits per heavy atom. The molecule has 7 heteroatoms. The summed E-state index contributed by atoms with van der Waals surface area (Å²) >= 11 is 0. The molecule has 2 heterocycles. The second-order valence-electron chi connectivity index (χ2n) is 3.87. The van der Waals surface area contributed by atoms with Crippen molar-refractivity contribution < 1.29 is 9.90 Å². The molecule has 0 aliphatic heterocycles. The number of rotatable bonds is 3. The van der Waals surface area contributed by atoms with Crippen LogP contribution in [0.25, 0.3) is 11.2 Å². The van der Waals surface area contributed by atoms with Crippen molar-refractivity contribution >= 4 is 23.0 Å². The van der Waals surface area contributed by atoms with Crippen LogP contribution >= 0.6 is 0 Å². The summed E-state index contributed by atoms with van der Waals surface area (Å²) in [5, 5.41) is 8.78. The molecule has 2 rings (SSSR count). The van der Waals surface area contributed by atoms with E-state index in [0.29, 0.717) is 22.8 Å². The highest BCUT2D eigenvalue weighted by Gasteiger charge is 2.15. The third-order valence-electron chi connectivity index (χ3n) is 2.39. The first-order chi connectivity index (χ1) is 7.99. The van der Waals surface area contributed by atoms with E-state index < -0.39 is 5.97 Å². The van der Waals surface area contributed by atoms with Gasteiger partial charge in [-0.05, 0) is 6.92 Å². The lowest BCUT2D eigenvalue weighted by Crippen LogP contribution is -2.26. The highest BCUT2D eigenvalue weighted by Crippen LogP contribution is 2.20. The largest absolute Gasteiger partial charge is 0.480 e. The molecule has 2 aromatic rings. The molecule has 0 saturated carbocycles. The van der Waals surface area contributed by atoms with Crippen molar-refractivity contribution in [2.45, 2.75) is 6.92 Å². The predicted octanol–water partition coefficient (Wildman–Crippen LogP) is 0.193. The molecule has 90 valence electrons. The first-order valence-corrected chi connectivity index (χ1v) is 5.07. The van der Waals surface area contributed by atoms with E-state index in [1.165, 1.54) is 0 Å². The van der Waals surface area contributed by atoms with Gasteiger partial charge in [0.05, 0.1) is 6.33 Å². The third kappa shape index (κ3) is 2.03. The van der Waals surface area contributed by atoms with Crippen LogP contribution in [-0.4, -0.2) is 44.2 Å². The Morgan fingerprint density at radius 3 is 2.88 bits per heavy atom. The summed E-state index contributed by atoms with van der Waals surface area (Å²) in [6.45, 7) is 1.65. The molecule has 17 heavy (non-hydrogen) atoms. The molecule has 0 spiro atoms. The zero-order valence-corrected chi connectivity index (χ0v) is 9.88. The van der Waals surface area contributed by atoms with Crippen LogP contribution in [0.3, 0.4) is 0 Å². The number of carboxylic acid groups (broad SMARTS) is 1. The Kier molecular flexibility index (Phi) is 2.66. The van der Waals surface area contributed by atoms with E-state index >= 15 is 0 Å². The van der Waals surface area contributed by atoms with Crippen molar-refractivity contribution in [2.24, 2.45) is 7.05 Å². The second kappa shape index (κ2) is 4.00. The van der Waals surface area contributed by atoms with Crippen LogP contribution in [0.5, 0.6) is 0 Å². The van der Waals surface area contributed by atoms with Gasteiger partial charge in [0.1, 0.15) is 12.4 Å². The van der Waals surface area contributed by atoms with Gasteiger partial charge in [0.15, 0.2) is 17.0 Å². The number of imidazole rings is 1. The molecule has 0 amide bonds. The zero-order chi connectivity index (χ0) is 12.6. The molecule has 1 N–H and O–H groups in total. The van der Waals surface area contributed by atoms with Gasteiger partial charge in [0.2, 0.25) is 0 Å². The van der Waals surface area contributed by atoms with E-state index in [9.17, 15) is 4.79 Å². The monoisotopic (exact) mass is 235 g/mol. The van der Waals surface area contributed by atoms with Gasteiger partial charge in [0.25, 0.3) is 0 Å². The summed E-state index contributed by atoms with van der Waals surface area (Å²) in [5.74, 6) is 0.219. The number of aromatic nitrogens is 4. The molecule has 2 aromatic heterocycles. The predicted molar refractivity (Wildman–Crippen MR) is 61.9 cm³/mol. The SMILES string of the molecule is Cc1nc(N(C)CC(=O)O)c2ncn(C)c2n1. The van der Waals surface area contributed by atoms with Gasteiger partial charge in [0, 0.05) is 14.1 Å². The Balaban J connectivity index is 2.56. The van der Waals surface area contributed by atoms with E-state index in [0.717, 1.165) is 0 Å². The summed E-state index contributed by atoms with van der Waals surface area (Å²) in [5.41, 5.74) is 1.31. The lowest BCUT2D eigenvalue weighted by atomic mass is 10.4. The van der Waals surface area contributed by atoms with Gasteiger partial charge < -0.3 is 14.6 Å². The van der Waals surface area contributed by atoms with Crippen molar-refractivity contribution in [2.75, 3.05) is 18.5 Å². The first kappa shape index (κ1) is 11.3. The number of likely N-dealkylation sites (N-methyl/N-ethyl adjacent to an activating group) is 1. The number of aliphatic carboxylic acids is 1. The number of carboxylic acids is 1. The van der Waals surface area contributed by atoms with Crippen molar-refractivity contribution in [3.63, 3.8) is 0 Å². The van der Waals surface area contributed by atoms with E-state index in [1.807, 2.05) is 7.05 Å². The van der Waals surface area contributed by atoms with Gasteiger partial charge in [-0.1, -0.05) is 0 Å². The van der Waals surface area contributed by atoms with Crippen LogP contribution < -0.4 is 4.90 Å². The quantitative estimate of drug-likeness (QED) is 0.817. The Labute approximate surface area is 97.7 Å². The van der Waals surface area contributed by atoms with Gasteiger partial charge in [-0.2, -0.15) is 0 Å². The number of carbonyl (C=O) groups is 1. The fraction of sp³-hybridized carbons (Fsp3) is 0.400. The maximum atomic E-state index is 10.7. The van der Waals surface area contributed by atoms with Crippen LogP contribution in [0.2, 0.25) is 0 Å². The smallest absolute Gasteiger partial charge is 0.323 e. The average molecular weight is 235 g/mol. The van der Waals surface area contributed by atoms with E-state index in [2.05, 4.69) is 15.0 Å². The zero-order valence-electron chi connectivity index (χ0n) is 9.88. The van der Waals surface area contributed by atoms with Crippen molar-refractivity contribution in [1.29, 1.82) is 0 Å². The molecule has 0 atom stereocenters. The van der Waals surface area contributed by atoms with Crippen LogP contribution in [0.1, 0.15) is 5.82 Å². The summed E-state index contributed by atoms with van der Waals surface area (Å²) in [6.07, 6.45) is 1.64. The fourth-order valence-electron chi connectivity index (χ4n) is 1.64. The minimum Gasteiger partial charge on any atom is -0.480 e. The summed E-state index contributed by atoms with van der Waals surface area (Å²) in [6, 6.07) is 0. The number of nitrogens with zero attached hydrogens (tertiary/aromatic N) is 5. The maximum absolute atomic E-state index is 10.7. The number of fused-ring (bicyclic) bond motifs is 1. The average Bonchev–Trinajstić information content (AvgIpc) is 2.58. The number of anilines is 1. The minimum atomic E-state index is -0.909. The van der Waals surface area contributed by atoms with E-state index in [4.69, 9.17) is 5.11 Å². The van der Waals surface area contributed by atoms with Crippen LogP contribution in [0.4, 0.5) is 5.82 Å².